The number of carbonyl (C=O) groups is 2. The van der Waals surface area contributed by atoms with Gasteiger partial charge >= 0.3 is 12.0 Å². The maximum Gasteiger partial charge on any atom is 0.315 e. The van der Waals surface area contributed by atoms with Crippen molar-refractivity contribution < 1.29 is 14.7 Å². The quantitative estimate of drug-likeness (QED) is 0.730. The van der Waals surface area contributed by atoms with Crippen LogP contribution in [0.1, 0.15) is 38.4 Å². The Balaban J connectivity index is 2.36. The van der Waals surface area contributed by atoms with Crippen molar-refractivity contribution in [3.8, 4) is 0 Å². The lowest BCUT2D eigenvalue weighted by Gasteiger charge is -2.17. The van der Waals surface area contributed by atoms with Gasteiger partial charge in [-0.05, 0) is 32.4 Å². The first-order chi connectivity index (χ1) is 8.99. The smallest absolute Gasteiger partial charge is 0.315 e. The number of nitrogens with one attached hydrogen (secondary N) is 2. The topological polar surface area (TPSA) is 91.3 Å². The second kappa shape index (κ2) is 7.35. The van der Waals surface area contributed by atoms with Crippen LogP contribution in [0.2, 0.25) is 0 Å². The van der Waals surface area contributed by atoms with E-state index in [-0.39, 0.29) is 24.5 Å². The molecule has 0 aliphatic rings. The molecular formula is C13H19N3O3. The molecule has 0 aliphatic heterocycles. The number of pyridine rings is 1. The summed E-state index contributed by atoms with van der Waals surface area (Å²) >= 11 is 0. The minimum Gasteiger partial charge on any atom is -0.481 e. The van der Waals surface area contributed by atoms with Gasteiger partial charge in [0.25, 0.3) is 0 Å². The largest absolute Gasteiger partial charge is 0.481 e. The summed E-state index contributed by atoms with van der Waals surface area (Å²) in [7, 11) is 0. The fourth-order valence-corrected chi connectivity index (χ4v) is 1.58. The Labute approximate surface area is 112 Å². The van der Waals surface area contributed by atoms with Crippen molar-refractivity contribution in [2.75, 3.05) is 0 Å². The van der Waals surface area contributed by atoms with E-state index in [1.54, 1.807) is 13.1 Å². The summed E-state index contributed by atoms with van der Waals surface area (Å²) in [5.41, 5.74) is 0.774. The fourth-order valence-electron chi connectivity index (χ4n) is 1.58. The van der Waals surface area contributed by atoms with Crippen molar-refractivity contribution in [3.63, 3.8) is 0 Å². The van der Waals surface area contributed by atoms with Gasteiger partial charge in [-0.3, -0.25) is 9.78 Å². The first kappa shape index (κ1) is 14.9. The average molecular weight is 265 g/mol. The molecule has 6 nitrogen and oxygen atoms in total. The summed E-state index contributed by atoms with van der Waals surface area (Å²) in [5.74, 6) is -0.865. The summed E-state index contributed by atoms with van der Waals surface area (Å²) in [6.07, 6.45) is 2.11. The zero-order valence-corrected chi connectivity index (χ0v) is 11.1. The summed E-state index contributed by atoms with van der Waals surface area (Å²) in [6, 6.07) is 4.78. The first-order valence-corrected chi connectivity index (χ1v) is 6.18. The lowest BCUT2D eigenvalue weighted by Crippen LogP contribution is -2.42. The molecule has 19 heavy (non-hydrogen) atoms. The predicted octanol–water partition coefficient (Wildman–Crippen LogP) is 1.70. The van der Waals surface area contributed by atoms with Crippen LogP contribution in [0.5, 0.6) is 0 Å². The van der Waals surface area contributed by atoms with Crippen molar-refractivity contribution in [2.45, 2.75) is 38.8 Å². The van der Waals surface area contributed by atoms with Crippen LogP contribution in [0.15, 0.2) is 24.4 Å². The molecule has 0 fully saturated rings. The molecule has 1 rings (SSSR count). The summed E-state index contributed by atoms with van der Waals surface area (Å²) < 4.78 is 0. The van der Waals surface area contributed by atoms with E-state index in [0.717, 1.165) is 5.69 Å². The van der Waals surface area contributed by atoms with E-state index in [9.17, 15) is 9.59 Å². The van der Waals surface area contributed by atoms with Crippen LogP contribution in [-0.4, -0.2) is 28.1 Å². The number of aromatic nitrogens is 1. The third-order valence-corrected chi connectivity index (χ3v) is 2.65. The standard InChI is InChI=1S/C13H19N3O3/c1-9(6-7-12(17)18)15-13(19)16-10(2)11-5-3-4-8-14-11/h3-5,8-10H,6-7H2,1-2H3,(H,17,18)(H2,15,16,19). The van der Waals surface area contributed by atoms with Crippen molar-refractivity contribution in [1.82, 2.24) is 15.6 Å². The Morgan fingerprint density at radius 2 is 2.05 bits per heavy atom. The molecule has 0 aliphatic carbocycles. The summed E-state index contributed by atoms with van der Waals surface area (Å²) in [6.45, 7) is 3.61. The molecule has 0 saturated heterocycles. The Bertz CT molecular complexity index is 422. The number of carboxylic acids is 1. The number of aliphatic carboxylic acids is 1. The van der Waals surface area contributed by atoms with E-state index in [2.05, 4.69) is 15.6 Å². The van der Waals surface area contributed by atoms with Gasteiger partial charge in [0.15, 0.2) is 0 Å². The number of hydrogen-bond acceptors (Lipinski definition) is 3. The molecule has 0 aromatic carbocycles. The lowest BCUT2D eigenvalue weighted by atomic mass is 10.2. The second-order valence-corrected chi connectivity index (χ2v) is 4.43. The third-order valence-electron chi connectivity index (χ3n) is 2.65. The SMILES string of the molecule is CC(CCC(=O)O)NC(=O)NC(C)c1ccccn1. The number of urea groups is 1. The average Bonchev–Trinajstić information content (AvgIpc) is 2.37. The molecule has 0 radical (unpaired) electrons. The highest BCUT2D eigenvalue weighted by atomic mass is 16.4. The van der Waals surface area contributed by atoms with Crippen LogP contribution in [0.25, 0.3) is 0 Å². The Hall–Kier alpha value is -2.11. The Morgan fingerprint density at radius 1 is 1.32 bits per heavy atom. The van der Waals surface area contributed by atoms with Gasteiger partial charge < -0.3 is 15.7 Å². The van der Waals surface area contributed by atoms with E-state index < -0.39 is 5.97 Å². The summed E-state index contributed by atoms with van der Waals surface area (Å²) in [5, 5.41) is 14.0. The number of carbonyl (C=O) groups excluding carboxylic acids is 1. The van der Waals surface area contributed by atoms with Gasteiger partial charge in [0, 0.05) is 18.7 Å². The summed E-state index contributed by atoms with van der Waals surface area (Å²) in [4.78, 5) is 26.3. The van der Waals surface area contributed by atoms with Gasteiger partial charge in [0.05, 0.1) is 11.7 Å². The second-order valence-electron chi connectivity index (χ2n) is 4.43. The highest BCUT2D eigenvalue weighted by Gasteiger charge is 2.12. The zero-order valence-electron chi connectivity index (χ0n) is 11.1. The van der Waals surface area contributed by atoms with Crippen LogP contribution in [0.3, 0.4) is 0 Å². The molecule has 3 N–H and O–H groups in total. The number of hydrogen-bond donors (Lipinski definition) is 3. The van der Waals surface area contributed by atoms with E-state index in [1.807, 2.05) is 25.1 Å². The van der Waals surface area contributed by atoms with Gasteiger partial charge in [0.1, 0.15) is 0 Å². The molecule has 0 saturated carbocycles. The van der Waals surface area contributed by atoms with Gasteiger partial charge in [-0.1, -0.05) is 6.07 Å². The Morgan fingerprint density at radius 3 is 2.63 bits per heavy atom. The van der Waals surface area contributed by atoms with Crippen LogP contribution < -0.4 is 10.6 Å². The highest BCUT2D eigenvalue weighted by Crippen LogP contribution is 2.07. The van der Waals surface area contributed by atoms with E-state index >= 15 is 0 Å². The van der Waals surface area contributed by atoms with Crippen LogP contribution in [-0.2, 0) is 4.79 Å². The van der Waals surface area contributed by atoms with Gasteiger partial charge in [-0.2, -0.15) is 0 Å². The number of nitrogens with zero attached hydrogens (tertiary/aromatic N) is 1. The van der Waals surface area contributed by atoms with Gasteiger partial charge in [0.2, 0.25) is 0 Å². The molecule has 2 atom stereocenters. The van der Waals surface area contributed by atoms with Crippen molar-refractivity contribution in [1.29, 1.82) is 0 Å². The molecule has 6 heteroatoms. The van der Waals surface area contributed by atoms with E-state index in [4.69, 9.17) is 5.11 Å². The molecular weight excluding hydrogens is 246 g/mol. The lowest BCUT2D eigenvalue weighted by molar-refractivity contribution is -0.137. The predicted molar refractivity (Wildman–Crippen MR) is 70.7 cm³/mol. The monoisotopic (exact) mass is 265 g/mol. The number of carboxylic acid groups (broad SMARTS) is 1. The van der Waals surface area contributed by atoms with Gasteiger partial charge in [-0.15, -0.1) is 0 Å². The fraction of sp³-hybridized carbons (Fsp3) is 0.462. The third kappa shape index (κ3) is 5.85. The van der Waals surface area contributed by atoms with E-state index in [1.165, 1.54) is 0 Å². The molecule has 1 aromatic heterocycles. The molecule has 104 valence electrons. The van der Waals surface area contributed by atoms with Crippen molar-refractivity contribution in [3.05, 3.63) is 30.1 Å². The molecule has 2 amide bonds. The zero-order chi connectivity index (χ0) is 14.3. The maximum atomic E-state index is 11.7. The van der Waals surface area contributed by atoms with Crippen LogP contribution in [0, 0.1) is 0 Å². The minimum atomic E-state index is -0.865. The maximum absolute atomic E-state index is 11.7. The van der Waals surface area contributed by atoms with Crippen LogP contribution in [0.4, 0.5) is 4.79 Å². The highest BCUT2D eigenvalue weighted by molar-refractivity contribution is 5.74. The van der Waals surface area contributed by atoms with Crippen molar-refractivity contribution in [2.24, 2.45) is 0 Å². The molecule has 2 unspecified atom stereocenters. The normalized spacial score (nSPS) is 13.4. The minimum absolute atomic E-state index is 0.0389. The number of rotatable bonds is 6. The molecule has 0 bridgehead atoms. The molecule has 0 spiro atoms. The van der Waals surface area contributed by atoms with Crippen molar-refractivity contribution >= 4 is 12.0 Å². The number of amides is 2. The first-order valence-electron chi connectivity index (χ1n) is 6.18. The van der Waals surface area contributed by atoms with E-state index in [0.29, 0.717) is 6.42 Å². The Kier molecular flexibility index (Phi) is 5.78. The molecule has 1 aromatic rings. The van der Waals surface area contributed by atoms with Crippen LogP contribution >= 0.6 is 0 Å². The molecule has 1 heterocycles. The van der Waals surface area contributed by atoms with Gasteiger partial charge in [-0.25, -0.2) is 4.79 Å².